The molecule has 0 spiro atoms. The molecule has 6 saturated heterocycles. The topological polar surface area (TPSA) is 9.72 Å². The third-order valence-electron chi connectivity index (χ3n) is 8.34. The first kappa shape index (κ1) is 32.8. The van der Waals surface area contributed by atoms with E-state index in [0.717, 1.165) is 0 Å². The third kappa shape index (κ3) is 13.9. The molecule has 6 fully saturated rings. The Labute approximate surface area is 232 Å². The van der Waals surface area contributed by atoms with Gasteiger partial charge in [-0.2, -0.15) is 0 Å². The molecule has 34 heavy (non-hydrogen) atoms. The average molecular weight is 611 g/mol. The highest BCUT2D eigenvalue weighted by molar-refractivity contribution is 9.09. The highest BCUT2D eigenvalue weighted by Gasteiger charge is 2.37. The molecule has 0 unspecified atom stereocenters. The third-order valence-corrected chi connectivity index (χ3v) is 8.90. The molecule has 0 radical (unpaired) electrons. The minimum Gasteiger partial charge on any atom is -1.00 e. The molecule has 6 heteroatoms. The second-order valence-electron chi connectivity index (χ2n) is 11.0. The van der Waals surface area contributed by atoms with E-state index in [9.17, 15) is 0 Å². The summed E-state index contributed by atoms with van der Waals surface area (Å²) in [6.45, 7) is 22.4. The number of quaternary nitrogens is 1. The van der Waals surface area contributed by atoms with Gasteiger partial charge < -0.3 is 21.5 Å². The van der Waals surface area contributed by atoms with Gasteiger partial charge in [-0.3, -0.25) is 14.7 Å². The largest absolute Gasteiger partial charge is 1.00 e. The SMILES string of the molecule is C1CN2CCN1CC2.CCCCCCCCBr.CCCCCCCC[N+]12CCN(CC1)CC2.[Br-]. The maximum Gasteiger partial charge on any atom is 0.0916 e. The summed E-state index contributed by atoms with van der Waals surface area (Å²) in [7, 11) is 0. The van der Waals surface area contributed by atoms with Crippen LogP contribution in [0.2, 0.25) is 0 Å². The van der Waals surface area contributed by atoms with Crippen LogP contribution in [0.4, 0.5) is 0 Å². The molecule has 0 atom stereocenters. The van der Waals surface area contributed by atoms with Crippen molar-refractivity contribution in [2.24, 2.45) is 0 Å². The van der Waals surface area contributed by atoms with Gasteiger partial charge in [0.15, 0.2) is 0 Å². The number of rotatable bonds is 13. The van der Waals surface area contributed by atoms with Crippen molar-refractivity contribution < 1.29 is 21.5 Å². The lowest BCUT2D eigenvalue weighted by atomic mass is 10.1. The van der Waals surface area contributed by atoms with Crippen molar-refractivity contribution in [3.05, 3.63) is 0 Å². The van der Waals surface area contributed by atoms with Crippen LogP contribution in [0.25, 0.3) is 0 Å². The van der Waals surface area contributed by atoms with Gasteiger partial charge >= 0.3 is 0 Å². The van der Waals surface area contributed by atoms with E-state index in [1.54, 1.807) is 0 Å². The van der Waals surface area contributed by atoms with Crippen molar-refractivity contribution in [2.45, 2.75) is 90.9 Å². The molecule has 0 aromatic carbocycles. The lowest BCUT2D eigenvalue weighted by Crippen LogP contribution is -3.00. The molecule has 6 heterocycles. The fourth-order valence-electron chi connectivity index (χ4n) is 5.69. The van der Waals surface area contributed by atoms with Gasteiger partial charge in [0.05, 0.1) is 26.2 Å². The highest BCUT2D eigenvalue weighted by Crippen LogP contribution is 2.21. The van der Waals surface area contributed by atoms with Crippen molar-refractivity contribution in [1.29, 1.82) is 0 Å². The summed E-state index contributed by atoms with van der Waals surface area (Å²) in [5.41, 5.74) is 0. The summed E-state index contributed by atoms with van der Waals surface area (Å²) in [5, 5.41) is 1.18. The number of hydrogen-bond donors (Lipinski definition) is 0. The minimum atomic E-state index is 0. The maximum absolute atomic E-state index is 3.42. The zero-order valence-corrected chi connectivity index (χ0v) is 26.1. The zero-order valence-electron chi connectivity index (χ0n) is 22.9. The quantitative estimate of drug-likeness (QED) is 0.181. The molecule has 6 aliphatic rings. The summed E-state index contributed by atoms with van der Waals surface area (Å²) >= 11 is 3.42. The first-order valence-electron chi connectivity index (χ1n) is 14.8. The van der Waals surface area contributed by atoms with Crippen LogP contribution in [-0.4, -0.2) is 110 Å². The summed E-state index contributed by atoms with van der Waals surface area (Å²) in [6.07, 6.45) is 17.1. The van der Waals surface area contributed by atoms with Crippen molar-refractivity contribution in [2.75, 3.05) is 90.4 Å². The van der Waals surface area contributed by atoms with Crippen molar-refractivity contribution >= 4 is 15.9 Å². The Kier molecular flexibility index (Phi) is 20.1. The van der Waals surface area contributed by atoms with Crippen molar-refractivity contribution in [1.82, 2.24) is 14.7 Å². The van der Waals surface area contributed by atoms with Gasteiger partial charge in [0, 0.05) is 64.2 Å². The predicted octanol–water partition coefficient (Wildman–Crippen LogP) is 2.86. The minimum absolute atomic E-state index is 0. The van der Waals surface area contributed by atoms with Gasteiger partial charge in [-0.05, 0) is 19.3 Å². The number of alkyl halides is 1. The molecule has 0 aromatic heterocycles. The average Bonchev–Trinajstić information content (AvgIpc) is 2.89. The van der Waals surface area contributed by atoms with E-state index >= 15 is 0 Å². The van der Waals surface area contributed by atoms with Crippen LogP contribution in [0, 0.1) is 0 Å². The van der Waals surface area contributed by atoms with Gasteiger partial charge in [0.2, 0.25) is 0 Å². The molecule has 4 bridgehead atoms. The monoisotopic (exact) mass is 608 g/mol. The van der Waals surface area contributed by atoms with Crippen LogP contribution < -0.4 is 17.0 Å². The summed E-state index contributed by atoms with van der Waals surface area (Å²) < 4.78 is 1.46. The zero-order chi connectivity index (χ0) is 23.6. The highest BCUT2D eigenvalue weighted by atomic mass is 79.9. The Bertz CT molecular complexity index is 407. The number of halogens is 2. The Morgan fingerprint density at radius 2 is 0.853 bits per heavy atom. The fourth-order valence-corrected chi connectivity index (χ4v) is 6.09. The van der Waals surface area contributed by atoms with E-state index in [1.165, 1.54) is 172 Å². The standard InChI is InChI=1S/C14H29N2.C8H17Br.C6H12N2.BrH/c1-2-3-4-5-6-7-11-16-12-8-15(9-13-16)10-14-16;1-2-3-4-5-6-7-8-9;1-2-8-5-3-7(1)4-6-8;/h2-14H2,1H3;2-8H2,1H3;1-6H2;1H/q+1;;;/p-1. The van der Waals surface area contributed by atoms with Crippen LogP contribution in [0.15, 0.2) is 0 Å². The molecule has 6 rings (SSSR count). The Balaban J connectivity index is 0.000000274. The predicted molar refractivity (Wildman–Crippen MR) is 150 cm³/mol. The molecule has 6 aliphatic heterocycles. The summed E-state index contributed by atoms with van der Waals surface area (Å²) in [6, 6.07) is 0. The van der Waals surface area contributed by atoms with Gasteiger partial charge in [0.1, 0.15) is 0 Å². The molecular formula is C28H58Br2N4. The van der Waals surface area contributed by atoms with Gasteiger partial charge in [-0.15, -0.1) is 0 Å². The molecule has 0 saturated carbocycles. The van der Waals surface area contributed by atoms with E-state index in [4.69, 9.17) is 0 Å². The van der Waals surface area contributed by atoms with Crippen LogP contribution in [0.5, 0.6) is 0 Å². The molecule has 0 aromatic rings. The fraction of sp³-hybridized carbons (Fsp3) is 1.00. The number of hydrogen-bond acceptors (Lipinski definition) is 3. The van der Waals surface area contributed by atoms with E-state index in [1.807, 2.05) is 0 Å². The maximum atomic E-state index is 3.42. The molecule has 0 aliphatic carbocycles. The number of piperazine rings is 6. The van der Waals surface area contributed by atoms with Crippen LogP contribution in [0.1, 0.15) is 90.9 Å². The summed E-state index contributed by atoms with van der Waals surface area (Å²) in [4.78, 5) is 7.72. The summed E-state index contributed by atoms with van der Waals surface area (Å²) in [5.74, 6) is 0. The van der Waals surface area contributed by atoms with Crippen LogP contribution >= 0.6 is 15.9 Å². The first-order chi connectivity index (χ1) is 16.2. The smallest absolute Gasteiger partial charge is 0.0916 e. The van der Waals surface area contributed by atoms with E-state index in [2.05, 4.69) is 44.5 Å². The van der Waals surface area contributed by atoms with Crippen LogP contribution in [-0.2, 0) is 0 Å². The lowest BCUT2D eigenvalue weighted by Gasteiger charge is -2.50. The molecule has 0 N–H and O–H groups in total. The Hall–Kier alpha value is 0.800. The van der Waals surface area contributed by atoms with E-state index < -0.39 is 0 Å². The van der Waals surface area contributed by atoms with Gasteiger partial charge in [0.25, 0.3) is 0 Å². The lowest BCUT2D eigenvalue weighted by molar-refractivity contribution is -0.941. The van der Waals surface area contributed by atoms with Crippen LogP contribution in [0.3, 0.4) is 0 Å². The number of unbranched alkanes of at least 4 members (excludes halogenated alkanes) is 10. The molecular weight excluding hydrogens is 552 g/mol. The van der Waals surface area contributed by atoms with Crippen molar-refractivity contribution in [3.63, 3.8) is 0 Å². The molecule has 204 valence electrons. The second-order valence-corrected chi connectivity index (χ2v) is 11.8. The van der Waals surface area contributed by atoms with Gasteiger partial charge in [-0.25, -0.2) is 0 Å². The molecule has 4 nitrogen and oxygen atoms in total. The Morgan fingerprint density at radius 1 is 0.500 bits per heavy atom. The van der Waals surface area contributed by atoms with E-state index in [0.29, 0.717) is 0 Å². The van der Waals surface area contributed by atoms with Crippen molar-refractivity contribution in [3.8, 4) is 0 Å². The Morgan fingerprint density at radius 3 is 1.24 bits per heavy atom. The number of fused-ring (bicyclic) bond motifs is 6. The molecule has 0 amide bonds. The first-order valence-corrected chi connectivity index (χ1v) is 15.9. The van der Waals surface area contributed by atoms with E-state index in [-0.39, 0.29) is 17.0 Å². The van der Waals surface area contributed by atoms with Gasteiger partial charge in [-0.1, -0.05) is 87.6 Å². The number of nitrogens with zero attached hydrogens (tertiary/aromatic N) is 4. The normalized spacial score (nSPS) is 28.9. The second kappa shape index (κ2) is 20.8.